The number of hydrogen-bond donors (Lipinski definition) is 3. The number of amides is 1. The maximum absolute atomic E-state index is 13.8. The van der Waals surface area contributed by atoms with Crippen molar-refractivity contribution in [2.24, 2.45) is 5.41 Å². The normalized spacial score (nSPS) is 17.5. The highest BCUT2D eigenvalue weighted by atomic mass is 19.1. The summed E-state index contributed by atoms with van der Waals surface area (Å²) in [5, 5.41) is 17.4. The van der Waals surface area contributed by atoms with Gasteiger partial charge in [0.05, 0.1) is 18.8 Å². The Bertz CT molecular complexity index is 1030. The van der Waals surface area contributed by atoms with E-state index in [0.29, 0.717) is 12.2 Å². The number of nitrogens with one attached hydrogen (secondary N) is 2. The Labute approximate surface area is 214 Å². The molecule has 3 atom stereocenters. The van der Waals surface area contributed by atoms with Gasteiger partial charge in [-0.2, -0.15) is 0 Å². The number of aliphatic hydroxyl groups is 1. The predicted molar refractivity (Wildman–Crippen MR) is 140 cm³/mol. The van der Waals surface area contributed by atoms with Crippen LogP contribution in [0.2, 0.25) is 0 Å². The van der Waals surface area contributed by atoms with Gasteiger partial charge < -0.3 is 25.2 Å². The molecule has 0 saturated heterocycles. The van der Waals surface area contributed by atoms with Crippen LogP contribution in [0.4, 0.5) is 9.18 Å². The van der Waals surface area contributed by atoms with Crippen LogP contribution < -0.4 is 15.4 Å². The zero-order chi connectivity index (χ0) is 26.5. The molecule has 0 aliphatic carbocycles. The van der Waals surface area contributed by atoms with E-state index in [0.717, 1.165) is 24.2 Å². The Morgan fingerprint density at radius 3 is 2.56 bits per heavy atom. The quantitative estimate of drug-likeness (QED) is 0.457. The van der Waals surface area contributed by atoms with Gasteiger partial charge in [0.15, 0.2) is 0 Å². The highest BCUT2D eigenvalue weighted by Gasteiger charge is 2.28. The van der Waals surface area contributed by atoms with Crippen molar-refractivity contribution < 1.29 is 23.8 Å². The Morgan fingerprint density at radius 1 is 1.14 bits per heavy atom. The van der Waals surface area contributed by atoms with Crippen LogP contribution in [0.1, 0.15) is 70.7 Å². The fraction of sp³-hybridized carbons (Fsp3) is 0.552. The molecule has 2 aromatic carbocycles. The summed E-state index contributed by atoms with van der Waals surface area (Å²) in [5.41, 5.74) is 2.50. The van der Waals surface area contributed by atoms with Crippen molar-refractivity contribution in [2.45, 2.75) is 84.6 Å². The number of benzene rings is 2. The van der Waals surface area contributed by atoms with Crippen LogP contribution in [0.15, 0.2) is 42.5 Å². The van der Waals surface area contributed by atoms with E-state index in [-0.39, 0.29) is 30.2 Å². The zero-order valence-electron chi connectivity index (χ0n) is 22.4. The summed E-state index contributed by atoms with van der Waals surface area (Å²) in [7, 11) is 0. The molecule has 3 N–H and O–H groups in total. The van der Waals surface area contributed by atoms with Crippen molar-refractivity contribution in [2.75, 3.05) is 13.2 Å². The van der Waals surface area contributed by atoms with Crippen molar-refractivity contribution in [3.05, 3.63) is 65.0 Å². The highest BCUT2D eigenvalue weighted by Crippen LogP contribution is 2.34. The molecule has 1 amide bonds. The van der Waals surface area contributed by atoms with Crippen LogP contribution in [0.5, 0.6) is 5.75 Å². The van der Waals surface area contributed by atoms with Gasteiger partial charge >= 0.3 is 6.09 Å². The van der Waals surface area contributed by atoms with Crippen LogP contribution in [-0.4, -0.2) is 42.1 Å². The Morgan fingerprint density at radius 2 is 1.89 bits per heavy atom. The molecule has 6 nitrogen and oxygen atoms in total. The molecular weight excluding hydrogens is 459 g/mol. The lowest BCUT2D eigenvalue weighted by atomic mass is 9.86. The first-order valence-corrected chi connectivity index (χ1v) is 12.7. The van der Waals surface area contributed by atoms with E-state index in [4.69, 9.17) is 9.47 Å². The van der Waals surface area contributed by atoms with Crippen molar-refractivity contribution >= 4 is 6.09 Å². The fourth-order valence-corrected chi connectivity index (χ4v) is 4.44. The molecule has 0 bridgehead atoms. The molecule has 3 rings (SSSR count). The molecular formula is C29H41FN2O4. The number of ether oxygens (including phenoxy) is 2. The minimum atomic E-state index is -0.926. The maximum atomic E-state index is 13.8. The summed E-state index contributed by atoms with van der Waals surface area (Å²) in [6.07, 6.45) is 0.439. The lowest BCUT2D eigenvalue weighted by Gasteiger charge is -2.31. The van der Waals surface area contributed by atoms with Crippen molar-refractivity contribution in [1.82, 2.24) is 10.6 Å². The van der Waals surface area contributed by atoms with Crippen LogP contribution >= 0.6 is 0 Å². The fourth-order valence-electron chi connectivity index (χ4n) is 4.44. The van der Waals surface area contributed by atoms with Gasteiger partial charge in [0.2, 0.25) is 0 Å². The molecule has 36 heavy (non-hydrogen) atoms. The molecule has 0 saturated carbocycles. The van der Waals surface area contributed by atoms with E-state index in [1.807, 2.05) is 6.07 Å². The molecule has 0 spiro atoms. The number of alkyl carbamates (subject to hydrolysis) is 1. The number of fused-ring (bicyclic) bond motifs is 1. The lowest BCUT2D eigenvalue weighted by Crippen LogP contribution is -2.50. The van der Waals surface area contributed by atoms with Crippen LogP contribution in [0.25, 0.3) is 0 Å². The van der Waals surface area contributed by atoms with Crippen LogP contribution in [-0.2, 0) is 17.6 Å². The Hall–Kier alpha value is -2.64. The smallest absolute Gasteiger partial charge is 0.407 e. The van der Waals surface area contributed by atoms with Crippen LogP contribution in [0.3, 0.4) is 0 Å². The summed E-state index contributed by atoms with van der Waals surface area (Å²) >= 11 is 0. The predicted octanol–water partition coefficient (Wildman–Crippen LogP) is 5.32. The van der Waals surface area contributed by atoms with Gasteiger partial charge in [0, 0.05) is 24.6 Å². The van der Waals surface area contributed by atoms with Gasteiger partial charge in [0.1, 0.15) is 17.2 Å². The SMILES string of the molecule is CC(C)(C)Cc1ccc2c(c1)C(NCC(O)C(Cc1cccc(F)c1)NC(=O)OC(C)(C)C)CCO2. The molecule has 1 heterocycles. The first kappa shape index (κ1) is 27.9. The third kappa shape index (κ3) is 8.79. The van der Waals surface area contributed by atoms with Gasteiger partial charge in [-0.25, -0.2) is 9.18 Å². The first-order valence-electron chi connectivity index (χ1n) is 12.7. The van der Waals surface area contributed by atoms with Crippen molar-refractivity contribution in [1.29, 1.82) is 0 Å². The van der Waals surface area contributed by atoms with Gasteiger partial charge in [0.25, 0.3) is 0 Å². The monoisotopic (exact) mass is 500 g/mol. The number of hydrogen-bond acceptors (Lipinski definition) is 5. The second kappa shape index (κ2) is 11.6. The van der Waals surface area contributed by atoms with Gasteiger partial charge in [-0.05, 0) is 68.4 Å². The van der Waals surface area contributed by atoms with E-state index in [9.17, 15) is 14.3 Å². The summed E-state index contributed by atoms with van der Waals surface area (Å²) in [6.45, 7) is 12.8. The summed E-state index contributed by atoms with van der Waals surface area (Å²) in [5.74, 6) is 0.495. The van der Waals surface area contributed by atoms with Gasteiger partial charge in [-0.15, -0.1) is 0 Å². The summed E-state index contributed by atoms with van der Waals surface area (Å²) in [4.78, 5) is 12.5. The maximum Gasteiger partial charge on any atom is 0.407 e. The molecule has 3 unspecified atom stereocenters. The largest absolute Gasteiger partial charge is 0.493 e. The number of halogens is 1. The highest BCUT2D eigenvalue weighted by molar-refractivity contribution is 5.68. The minimum Gasteiger partial charge on any atom is -0.493 e. The molecule has 2 aromatic rings. The molecule has 7 heteroatoms. The lowest BCUT2D eigenvalue weighted by molar-refractivity contribution is 0.0418. The average Bonchev–Trinajstić information content (AvgIpc) is 2.74. The number of rotatable bonds is 8. The third-order valence-corrected chi connectivity index (χ3v) is 5.93. The second-order valence-electron chi connectivity index (χ2n) is 11.9. The van der Waals surface area contributed by atoms with Gasteiger partial charge in [-0.3, -0.25) is 0 Å². The van der Waals surface area contributed by atoms with Crippen molar-refractivity contribution in [3.63, 3.8) is 0 Å². The molecule has 0 radical (unpaired) electrons. The first-order chi connectivity index (χ1) is 16.8. The second-order valence-corrected chi connectivity index (χ2v) is 11.9. The van der Waals surface area contributed by atoms with E-state index in [1.54, 1.807) is 32.9 Å². The van der Waals surface area contributed by atoms with Crippen molar-refractivity contribution in [3.8, 4) is 5.75 Å². The standard InChI is InChI=1S/C29H41FN2O4/c1-28(2,3)17-20-10-11-26-22(15-20)23(12-13-35-26)31-18-25(33)24(32-27(34)36-29(4,5)6)16-19-8-7-9-21(30)14-19/h7-11,14-15,23-25,31,33H,12-13,16-18H2,1-6H3,(H,32,34). The average molecular weight is 501 g/mol. The molecule has 1 aliphatic rings. The van der Waals surface area contributed by atoms with Crippen LogP contribution in [0, 0.1) is 11.2 Å². The number of carbonyl (C=O) groups excluding carboxylic acids is 1. The van der Waals surface area contributed by atoms with E-state index >= 15 is 0 Å². The Kier molecular flexibility index (Phi) is 9.01. The molecule has 1 aliphatic heterocycles. The zero-order valence-corrected chi connectivity index (χ0v) is 22.4. The van der Waals surface area contributed by atoms with Gasteiger partial charge in [-0.1, -0.05) is 45.0 Å². The third-order valence-electron chi connectivity index (χ3n) is 5.93. The molecule has 0 fully saturated rings. The number of aliphatic hydroxyl groups excluding tert-OH is 1. The minimum absolute atomic E-state index is 0.0136. The summed E-state index contributed by atoms with van der Waals surface area (Å²) < 4.78 is 25.0. The summed E-state index contributed by atoms with van der Waals surface area (Å²) in [6, 6.07) is 11.8. The topological polar surface area (TPSA) is 79.8 Å². The molecule has 198 valence electrons. The van der Waals surface area contributed by atoms with E-state index in [1.165, 1.54) is 17.7 Å². The van der Waals surface area contributed by atoms with E-state index in [2.05, 4.69) is 43.5 Å². The number of carbonyl (C=O) groups is 1. The van der Waals surface area contributed by atoms with E-state index < -0.39 is 23.8 Å². The Balaban J connectivity index is 1.72. The molecule has 0 aromatic heterocycles.